The van der Waals surface area contributed by atoms with Crippen molar-refractivity contribution in [2.45, 2.75) is 51.4 Å². The van der Waals surface area contributed by atoms with Crippen molar-refractivity contribution in [1.29, 1.82) is 0 Å². The van der Waals surface area contributed by atoms with Crippen molar-refractivity contribution in [2.24, 2.45) is 23.2 Å². The summed E-state index contributed by atoms with van der Waals surface area (Å²) in [4.78, 5) is 18.0. The first-order chi connectivity index (χ1) is 17.6. The Kier molecular flexibility index (Phi) is 6.66. The average Bonchev–Trinajstić information content (AvgIpc) is 2.85. The van der Waals surface area contributed by atoms with E-state index in [1.165, 1.54) is 44.1 Å². The van der Waals surface area contributed by atoms with E-state index in [1.807, 2.05) is 24.3 Å². The average molecular weight is 483 g/mol. The summed E-state index contributed by atoms with van der Waals surface area (Å²) in [7, 11) is 0. The molecule has 5 heteroatoms. The zero-order chi connectivity index (χ0) is 24.4. The van der Waals surface area contributed by atoms with Crippen LogP contribution in [0.2, 0.25) is 0 Å². The first-order valence-electron chi connectivity index (χ1n) is 13.8. The molecular formula is C31H38N4O. The van der Waals surface area contributed by atoms with E-state index >= 15 is 0 Å². The second-order valence-electron chi connectivity index (χ2n) is 11.6. The van der Waals surface area contributed by atoms with E-state index in [2.05, 4.69) is 52.3 Å². The van der Waals surface area contributed by atoms with E-state index < -0.39 is 0 Å². The minimum absolute atomic E-state index is 0.174. The Hall–Kier alpha value is -2.92. The number of carbonyl (C=O) groups is 1. The molecule has 4 fully saturated rings. The van der Waals surface area contributed by atoms with Gasteiger partial charge < -0.3 is 16.0 Å². The third-order valence-electron chi connectivity index (χ3n) is 8.75. The molecule has 0 atom stereocenters. The van der Waals surface area contributed by atoms with E-state index in [4.69, 9.17) is 4.98 Å². The number of amides is 1. The fourth-order valence-corrected chi connectivity index (χ4v) is 7.69. The first kappa shape index (κ1) is 23.5. The SMILES string of the molecule is O=C(CC12CC3CC(CC(C3)C1)C2)Nc1cccc2nc(NCCNCCc3ccccc3)ccc12. The monoisotopic (exact) mass is 482 g/mol. The Morgan fingerprint density at radius 1 is 0.833 bits per heavy atom. The zero-order valence-corrected chi connectivity index (χ0v) is 21.1. The molecule has 5 nitrogen and oxygen atoms in total. The highest BCUT2D eigenvalue weighted by Crippen LogP contribution is 2.61. The lowest BCUT2D eigenvalue weighted by Crippen LogP contribution is -2.47. The highest BCUT2D eigenvalue weighted by Gasteiger charge is 2.51. The number of hydrogen-bond acceptors (Lipinski definition) is 4. The summed E-state index contributed by atoms with van der Waals surface area (Å²) in [5.74, 6) is 3.65. The maximum Gasteiger partial charge on any atom is 0.224 e. The largest absolute Gasteiger partial charge is 0.369 e. The molecule has 0 unspecified atom stereocenters. The molecule has 4 saturated carbocycles. The first-order valence-corrected chi connectivity index (χ1v) is 13.8. The number of anilines is 2. The molecule has 0 radical (unpaired) electrons. The molecule has 4 aliphatic rings. The molecule has 4 bridgehead atoms. The van der Waals surface area contributed by atoms with Gasteiger partial charge in [0.05, 0.1) is 11.2 Å². The normalized spacial score (nSPS) is 26.3. The van der Waals surface area contributed by atoms with Gasteiger partial charge >= 0.3 is 0 Å². The molecule has 4 aliphatic carbocycles. The van der Waals surface area contributed by atoms with Crippen LogP contribution in [0.3, 0.4) is 0 Å². The fraction of sp³-hybridized carbons (Fsp3) is 0.484. The van der Waals surface area contributed by atoms with E-state index in [0.717, 1.165) is 66.2 Å². The number of pyridine rings is 1. The van der Waals surface area contributed by atoms with Gasteiger partial charge in [-0.1, -0.05) is 36.4 Å². The predicted molar refractivity (Wildman–Crippen MR) is 147 cm³/mol. The van der Waals surface area contributed by atoms with Crippen LogP contribution in [0.15, 0.2) is 60.7 Å². The van der Waals surface area contributed by atoms with Crippen molar-refractivity contribution >= 4 is 28.3 Å². The number of aromatic nitrogens is 1. The van der Waals surface area contributed by atoms with E-state index in [0.29, 0.717) is 6.42 Å². The van der Waals surface area contributed by atoms with Crippen LogP contribution in [-0.4, -0.2) is 30.5 Å². The maximum atomic E-state index is 13.2. The van der Waals surface area contributed by atoms with Gasteiger partial charge in [0.1, 0.15) is 5.82 Å². The number of benzene rings is 2. The van der Waals surface area contributed by atoms with Gasteiger partial charge in [-0.05, 0) is 104 Å². The molecule has 188 valence electrons. The van der Waals surface area contributed by atoms with Crippen LogP contribution < -0.4 is 16.0 Å². The number of nitrogens with zero attached hydrogens (tertiary/aromatic N) is 1. The standard InChI is InChI=1S/C31H38N4O/c36-30(21-31-18-23-15-24(19-31)17-25(16-23)20-31)35-28-8-4-7-27-26(28)9-10-29(34-27)33-14-13-32-12-11-22-5-2-1-3-6-22/h1-10,23-25,32H,11-21H2,(H,33,34)(H,35,36). The topological polar surface area (TPSA) is 66.0 Å². The Morgan fingerprint density at radius 3 is 2.33 bits per heavy atom. The molecule has 0 saturated heterocycles. The van der Waals surface area contributed by atoms with Crippen molar-refractivity contribution in [2.75, 3.05) is 30.3 Å². The second kappa shape index (κ2) is 10.2. The lowest BCUT2D eigenvalue weighted by molar-refractivity contribution is -0.124. The molecule has 36 heavy (non-hydrogen) atoms. The van der Waals surface area contributed by atoms with Gasteiger partial charge in [0.15, 0.2) is 0 Å². The lowest BCUT2D eigenvalue weighted by atomic mass is 9.49. The van der Waals surface area contributed by atoms with Crippen LogP contribution in [-0.2, 0) is 11.2 Å². The van der Waals surface area contributed by atoms with Crippen molar-refractivity contribution in [3.05, 3.63) is 66.2 Å². The van der Waals surface area contributed by atoms with Gasteiger partial charge in [-0.2, -0.15) is 0 Å². The van der Waals surface area contributed by atoms with Crippen LogP contribution in [0.25, 0.3) is 10.9 Å². The summed E-state index contributed by atoms with van der Waals surface area (Å²) in [5.41, 5.74) is 3.40. The third-order valence-corrected chi connectivity index (χ3v) is 8.75. The van der Waals surface area contributed by atoms with Crippen LogP contribution in [0.4, 0.5) is 11.5 Å². The molecule has 2 aromatic carbocycles. The summed E-state index contributed by atoms with van der Waals surface area (Å²) in [5, 5.41) is 11.2. The Morgan fingerprint density at radius 2 is 1.58 bits per heavy atom. The fourth-order valence-electron chi connectivity index (χ4n) is 7.69. The number of hydrogen-bond donors (Lipinski definition) is 3. The zero-order valence-electron chi connectivity index (χ0n) is 21.1. The van der Waals surface area contributed by atoms with E-state index in [1.54, 1.807) is 0 Å². The number of carbonyl (C=O) groups excluding carboxylic acids is 1. The predicted octanol–water partition coefficient (Wildman–Crippen LogP) is 6.02. The molecule has 7 rings (SSSR count). The van der Waals surface area contributed by atoms with Gasteiger partial charge in [0.25, 0.3) is 0 Å². The van der Waals surface area contributed by atoms with Crippen LogP contribution in [0.1, 0.15) is 50.5 Å². The Balaban J connectivity index is 1.02. The smallest absolute Gasteiger partial charge is 0.224 e. The summed E-state index contributed by atoms with van der Waals surface area (Å²) < 4.78 is 0. The highest BCUT2D eigenvalue weighted by molar-refractivity contribution is 6.01. The van der Waals surface area contributed by atoms with Gasteiger partial charge in [-0.25, -0.2) is 4.98 Å². The molecule has 3 aromatic rings. The lowest BCUT2D eigenvalue weighted by Gasteiger charge is -2.56. The molecule has 3 N–H and O–H groups in total. The van der Waals surface area contributed by atoms with Crippen LogP contribution in [0.5, 0.6) is 0 Å². The molecule has 0 spiro atoms. The third kappa shape index (κ3) is 5.27. The summed E-state index contributed by atoms with van der Waals surface area (Å²) in [6.07, 6.45) is 9.74. The minimum Gasteiger partial charge on any atom is -0.369 e. The summed E-state index contributed by atoms with van der Waals surface area (Å²) in [6, 6.07) is 20.7. The Bertz CT molecular complexity index is 1170. The Labute approximate surface area is 214 Å². The molecular weight excluding hydrogens is 444 g/mol. The summed E-state index contributed by atoms with van der Waals surface area (Å²) >= 11 is 0. The van der Waals surface area contributed by atoms with Crippen molar-refractivity contribution < 1.29 is 4.79 Å². The quantitative estimate of drug-likeness (QED) is 0.309. The maximum absolute atomic E-state index is 13.2. The van der Waals surface area contributed by atoms with E-state index in [9.17, 15) is 4.79 Å². The van der Waals surface area contributed by atoms with Crippen molar-refractivity contribution in [1.82, 2.24) is 10.3 Å². The summed E-state index contributed by atoms with van der Waals surface area (Å²) in [6.45, 7) is 2.66. The number of nitrogens with one attached hydrogen (secondary N) is 3. The van der Waals surface area contributed by atoms with Gasteiger partial charge in [0, 0.05) is 24.9 Å². The second-order valence-corrected chi connectivity index (χ2v) is 11.6. The van der Waals surface area contributed by atoms with Crippen LogP contribution >= 0.6 is 0 Å². The van der Waals surface area contributed by atoms with Gasteiger partial charge in [-0.15, -0.1) is 0 Å². The molecule has 0 aliphatic heterocycles. The molecule has 1 aromatic heterocycles. The minimum atomic E-state index is 0.174. The van der Waals surface area contributed by atoms with Gasteiger partial charge in [0.2, 0.25) is 5.91 Å². The number of rotatable bonds is 10. The number of fused-ring (bicyclic) bond motifs is 1. The molecule has 1 heterocycles. The van der Waals surface area contributed by atoms with Gasteiger partial charge in [-0.3, -0.25) is 4.79 Å². The van der Waals surface area contributed by atoms with Crippen molar-refractivity contribution in [3.8, 4) is 0 Å². The van der Waals surface area contributed by atoms with Crippen molar-refractivity contribution in [3.63, 3.8) is 0 Å². The highest BCUT2D eigenvalue weighted by atomic mass is 16.1. The van der Waals surface area contributed by atoms with E-state index in [-0.39, 0.29) is 11.3 Å². The molecule has 1 amide bonds. The van der Waals surface area contributed by atoms with Crippen LogP contribution in [0, 0.1) is 23.2 Å².